The number of rotatable bonds is 5. The maximum atomic E-state index is 13.8. The van der Waals surface area contributed by atoms with Gasteiger partial charge in [0, 0.05) is 11.3 Å². The van der Waals surface area contributed by atoms with Gasteiger partial charge in [0.15, 0.2) is 0 Å². The third-order valence-electron chi connectivity index (χ3n) is 3.39. The predicted molar refractivity (Wildman–Crippen MR) is 78.9 cm³/mol. The van der Waals surface area contributed by atoms with Crippen LogP contribution >= 0.6 is 0 Å². The van der Waals surface area contributed by atoms with E-state index < -0.39 is 0 Å². The quantitative estimate of drug-likeness (QED) is 0.799. The summed E-state index contributed by atoms with van der Waals surface area (Å²) in [4.78, 5) is 0. The first kappa shape index (κ1) is 13.6. The smallest absolute Gasteiger partial charge is 0.128 e. The molecule has 0 heterocycles. The summed E-state index contributed by atoms with van der Waals surface area (Å²) in [6.07, 6.45) is 1.88. The van der Waals surface area contributed by atoms with E-state index >= 15 is 0 Å². The lowest BCUT2D eigenvalue weighted by Gasteiger charge is -2.19. The van der Waals surface area contributed by atoms with Gasteiger partial charge in [-0.3, -0.25) is 0 Å². The van der Waals surface area contributed by atoms with Crippen molar-refractivity contribution in [3.63, 3.8) is 0 Å². The Bertz CT molecular complexity index is 519. The molecule has 0 aromatic heterocycles. The van der Waals surface area contributed by atoms with Gasteiger partial charge in [0.25, 0.3) is 0 Å². The highest BCUT2D eigenvalue weighted by Crippen LogP contribution is 2.24. The zero-order valence-electron chi connectivity index (χ0n) is 11.5. The minimum atomic E-state index is -0.146. The van der Waals surface area contributed by atoms with E-state index in [1.807, 2.05) is 12.1 Å². The van der Waals surface area contributed by atoms with E-state index in [4.69, 9.17) is 0 Å². The molecule has 2 rings (SSSR count). The second-order valence-corrected chi connectivity index (χ2v) is 4.68. The maximum absolute atomic E-state index is 13.8. The molecule has 1 unspecified atom stereocenters. The molecule has 0 bridgehead atoms. The summed E-state index contributed by atoms with van der Waals surface area (Å²) in [5.74, 6) is -0.146. The largest absolute Gasteiger partial charge is 0.378 e. The zero-order chi connectivity index (χ0) is 13.7. The Hall–Kier alpha value is -1.83. The first-order chi connectivity index (χ1) is 9.24. The van der Waals surface area contributed by atoms with Crippen molar-refractivity contribution in [3.05, 3.63) is 65.5 Å². The van der Waals surface area contributed by atoms with Crippen LogP contribution in [0.15, 0.2) is 48.5 Å². The molecule has 0 aliphatic heterocycles. The van der Waals surface area contributed by atoms with Crippen LogP contribution in [-0.4, -0.2) is 0 Å². The van der Waals surface area contributed by atoms with E-state index in [9.17, 15) is 4.39 Å². The van der Waals surface area contributed by atoms with E-state index in [-0.39, 0.29) is 11.9 Å². The van der Waals surface area contributed by atoms with Gasteiger partial charge in [0.2, 0.25) is 0 Å². The van der Waals surface area contributed by atoms with Gasteiger partial charge < -0.3 is 5.32 Å². The average molecular weight is 257 g/mol. The monoisotopic (exact) mass is 257 g/mol. The van der Waals surface area contributed by atoms with Crippen LogP contribution in [0, 0.1) is 5.82 Å². The Morgan fingerprint density at radius 3 is 2.26 bits per heavy atom. The summed E-state index contributed by atoms with van der Waals surface area (Å²) in [7, 11) is 0. The van der Waals surface area contributed by atoms with Crippen LogP contribution in [-0.2, 0) is 6.42 Å². The SMILES string of the molecule is CCc1ccc(NC(CC)c2ccccc2F)cc1. The Balaban J connectivity index is 2.17. The van der Waals surface area contributed by atoms with E-state index in [0.29, 0.717) is 0 Å². The molecule has 0 aliphatic carbocycles. The van der Waals surface area contributed by atoms with Gasteiger partial charge in [-0.05, 0) is 36.6 Å². The predicted octanol–water partition coefficient (Wildman–Crippen LogP) is 4.95. The van der Waals surface area contributed by atoms with E-state index in [1.54, 1.807) is 6.07 Å². The molecular weight excluding hydrogens is 237 g/mol. The van der Waals surface area contributed by atoms with Crippen LogP contribution in [0.5, 0.6) is 0 Å². The Labute approximate surface area is 114 Å². The van der Waals surface area contributed by atoms with Gasteiger partial charge in [-0.25, -0.2) is 4.39 Å². The molecular formula is C17H20FN. The first-order valence-electron chi connectivity index (χ1n) is 6.84. The first-order valence-corrected chi connectivity index (χ1v) is 6.84. The highest BCUT2D eigenvalue weighted by molar-refractivity contribution is 5.47. The number of halogens is 1. The van der Waals surface area contributed by atoms with Crippen molar-refractivity contribution in [3.8, 4) is 0 Å². The van der Waals surface area contributed by atoms with E-state index in [0.717, 1.165) is 24.1 Å². The molecule has 0 radical (unpaired) electrons. The molecule has 19 heavy (non-hydrogen) atoms. The van der Waals surface area contributed by atoms with Crippen molar-refractivity contribution in [2.75, 3.05) is 5.32 Å². The third-order valence-corrected chi connectivity index (χ3v) is 3.39. The zero-order valence-corrected chi connectivity index (χ0v) is 11.5. The second-order valence-electron chi connectivity index (χ2n) is 4.68. The topological polar surface area (TPSA) is 12.0 Å². The highest BCUT2D eigenvalue weighted by Gasteiger charge is 2.12. The maximum Gasteiger partial charge on any atom is 0.128 e. The summed E-state index contributed by atoms with van der Waals surface area (Å²) < 4.78 is 13.8. The number of benzene rings is 2. The van der Waals surface area contributed by atoms with Gasteiger partial charge >= 0.3 is 0 Å². The summed E-state index contributed by atoms with van der Waals surface area (Å²) >= 11 is 0. The van der Waals surface area contributed by atoms with Crippen molar-refractivity contribution in [1.29, 1.82) is 0 Å². The van der Waals surface area contributed by atoms with Gasteiger partial charge in [-0.1, -0.05) is 44.2 Å². The molecule has 100 valence electrons. The molecule has 0 fully saturated rings. The molecule has 2 aromatic rings. The van der Waals surface area contributed by atoms with Gasteiger partial charge in [0.05, 0.1) is 6.04 Å². The molecule has 1 atom stereocenters. The van der Waals surface area contributed by atoms with E-state index in [2.05, 4.69) is 43.4 Å². The van der Waals surface area contributed by atoms with Crippen molar-refractivity contribution < 1.29 is 4.39 Å². The number of aryl methyl sites for hydroxylation is 1. The standard InChI is InChI=1S/C17H20FN/c1-3-13-9-11-14(12-10-13)19-17(4-2)15-7-5-6-8-16(15)18/h5-12,17,19H,3-4H2,1-2H3. The van der Waals surface area contributed by atoms with Crippen molar-refractivity contribution in [2.45, 2.75) is 32.7 Å². The van der Waals surface area contributed by atoms with E-state index in [1.165, 1.54) is 11.6 Å². The van der Waals surface area contributed by atoms with Crippen molar-refractivity contribution in [1.82, 2.24) is 0 Å². The Morgan fingerprint density at radius 2 is 1.68 bits per heavy atom. The molecule has 0 saturated carbocycles. The fourth-order valence-electron chi connectivity index (χ4n) is 2.20. The van der Waals surface area contributed by atoms with Gasteiger partial charge in [0.1, 0.15) is 5.82 Å². The summed E-state index contributed by atoms with van der Waals surface area (Å²) in [5, 5.41) is 3.40. The Morgan fingerprint density at radius 1 is 1.00 bits per heavy atom. The molecule has 2 heteroatoms. The lowest BCUT2D eigenvalue weighted by molar-refractivity contribution is 0.587. The number of nitrogens with one attached hydrogen (secondary N) is 1. The molecule has 1 N–H and O–H groups in total. The summed E-state index contributed by atoms with van der Waals surface area (Å²) in [6.45, 7) is 4.20. The number of anilines is 1. The normalized spacial score (nSPS) is 12.2. The van der Waals surface area contributed by atoms with Crippen molar-refractivity contribution >= 4 is 5.69 Å². The number of hydrogen-bond acceptors (Lipinski definition) is 1. The molecule has 0 aliphatic rings. The molecule has 0 saturated heterocycles. The summed E-state index contributed by atoms with van der Waals surface area (Å²) in [6, 6.07) is 15.3. The minimum absolute atomic E-state index is 0.00803. The van der Waals surface area contributed by atoms with Gasteiger partial charge in [-0.2, -0.15) is 0 Å². The fraction of sp³-hybridized carbons (Fsp3) is 0.294. The lowest BCUT2D eigenvalue weighted by atomic mass is 10.0. The minimum Gasteiger partial charge on any atom is -0.378 e. The van der Waals surface area contributed by atoms with Crippen molar-refractivity contribution in [2.24, 2.45) is 0 Å². The Kier molecular flexibility index (Phi) is 4.56. The molecule has 2 aromatic carbocycles. The van der Waals surface area contributed by atoms with Crippen LogP contribution in [0.2, 0.25) is 0 Å². The van der Waals surface area contributed by atoms with Crippen LogP contribution in [0.3, 0.4) is 0 Å². The van der Waals surface area contributed by atoms with Crippen LogP contribution in [0.1, 0.15) is 37.4 Å². The van der Waals surface area contributed by atoms with Crippen LogP contribution < -0.4 is 5.32 Å². The number of hydrogen-bond donors (Lipinski definition) is 1. The molecule has 1 nitrogen and oxygen atoms in total. The lowest BCUT2D eigenvalue weighted by Crippen LogP contribution is -2.11. The third kappa shape index (κ3) is 3.34. The van der Waals surface area contributed by atoms with Crippen LogP contribution in [0.25, 0.3) is 0 Å². The molecule has 0 spiro atoms. The van der Waals surface area contributed by atoms with Gasteiger partial charge in [-0.15, -0.1) is 0 Å². The van der Waals surface area contributed by atoms with Crippen LogP contribution in [0.4, 0.5) is 10.1 Å². The average Bonchev–Trinajstić information content (AvgIpc) is 2.46. The highest BCUT2D eigenvalue weighted by atomic mass is 19.1. The summed E-state index contributed by atoms with van der Waals surface area (Å²) in [5.41, 5.74) is 3.07. The fourth-order valence-corrected chi connectivity index (χ4v) is 2.20. The second kappa shape index (κ2) is 6.37. The molecule has 0 amide bonds.